The van der Waals surface area contributed by atoms with Crippen LogP contribution in [-0.4, -0.2) is 48.9 Å². The van der Waals surface area contributed by atoms with E-state index in [-0.39, 0.29) is 29.7 Å². The average Bonchev–Trinajstić information content (AvgIpc) is 2.81. The van der Waals surface area contributed by atoms with E-state index in [1.807, 2.05) is 4.90 Å². The first kappa shape index (κ1) is 12.0. The highest BCUT2D eigenvalue weighted by Gasteiger charge is 2.43. The van der Waals surface area contributed by atoms with Gasteiger partial charge in [0.25, 0.3) is 0 Å². The second-order valence-corrected chi connectivity index (χ2v) is 5.62. The van der Waals surface area contributed by atoms with Gasteiger partial charge in [-0.3, -0.25) is 9.59 Å². The summed E-state index contributed by atoms with van der Waals surface area (Å²) in [7, 11) is 0. The molecule has 0 aromatic carbocycles. The molecular formula is C13H21N3O2. The number of amides is 2. The van der Waals surface area contributed by atoms with Crippen molar-refractivity contribution in [2.45, 2.75) is 31.7 Å². The van der Waals surface area contributed by atoms with Crippen LogP contribution in [0.2, 0.25) is 0 Å². The molecule has 0 aliphatic carbocycles. The summed E-state index contributed by atoms with van der Waals surface area (Å²) in [6.45, 7) is 3.37. The molecule has 2 N–H and O–H groups in total. The van der Waals surface area contributed by atoms with E-state index in [2.05, 4.69) is 10.6 Å². The van der Waals surface area contributed by atoms with Gasteiger partial charge in [0.15, 0.2) is 0 Å². The van der Waals surface area contributed by atoms with Crippen LogP contribution in [-0.2, 0) is 9.59 Å². The molecule has 2 unspecified atom stereocenters. The first-order valence-electron chi connectivity index (χ1n) is 7.06. The van der Waals surface area contributed by atoms with E-state index in [1.165, 1.54) is 0 Å². The Labute approximate surface area is 107 Å². The maximum atomic E-state index is 12.6. The Morgan fingerprint density at radius 3 is 2.78 bits per heavy atom. The highest BCUT2D eigenvalue weighted by molar-refractivity contribution is 5.85. The molecular weight excluding hydrogens is 230 g/mol. The van der Waals surface area contributed by atoms with Crippen LogP contribution in [0.25, 0.3) is 0 Å². The fourth-order valence-electron chi connectivity index (χ4n) is 3.53. The van der Waals surface area contributed by atoms with Gasteiger partial charge in [0.2, 0.25) is 11.8 Å². The molecule has 0 aromatic heterocycles. The predicted molar refractivity (Wildman–Crippen MR) is 66.8 cm³/mol. The molecule has 3 aliphatic rings. The SMILES string of the molecule is O=C1NCC2C1CCCN2C(=O)C1CCNCC1. The van der Waals surface area contributed by atoms with Crippen molar-refractivity contribution in [3.63, 3.8) is 0 Å². The Balaban J connectivity index is 1.70. The number of fused-ring (bicyclic) bond motifs is 1. The van der Waals surface area contributed by atoms with Crippen molar-refractivity contribution in [2.75, 3.05) is 26.2 Å². The van der Waals surface area contributed by atoms with Gasteiger partial charge in [-0.1, -0.05) is 0 Å². The van der Waals surface area contributed by atoms with Crippen molar-refractivity contribution in [3.05, 3.63) is 0 Å². The van der Waals surface area contributed by atoms with Gasteiger partial charge in [-0.25, -0.2) is 0 Å². The number of carbonyl (C=O) groups excluding carboxylic acids is 2. The normalized spacial score (nSPS) is 33.1. The summed E-state index contributed by atoms with van der Waals surface area (Å²) in [5, 5.41) is 6.19. The number of hydrogen-bond donors (Lipinski definition) is 2. The van der Waals surface area contributed by atoms with Crippen molar-refractivity contribution in [1.82, 2.24) is 15.5 Å². The predicted octanol–water partition coefficient (Wildman–Crippen LogP) is -0.277. The zero-order valence-electron chi connectivity index (χ0n) is 10.7. The van der Waals surface area contributed by atoms with Crippen LogP contribution in [0.1, 0.15) is 25.7 Å². The molecule has 5 nitrogen and oxygen atoms in total. The molecule has 100 valence electrons. The van der Waals surface area contributed by atoms with E-state index < -0.39 is 0 Å². The number of nitrogens with one attached hydrogen (secondary N) is 2. The van der Waals surface area contributed by atoms with Crippen molar-refractivity contribution >= 4 is 11.8 Å². The van der Waals surface area contributed by atoms with Gasteiger partial charge in [0.1, 0.15) is 0 Å². The minimum Gasteiger partial charge on any atom is -0.354 e. The van der Waals surface area contributed by atoms with Crippen LogP contribution >= 0.6 is 0 Å². The minimum absolute atomic E-state index is 0.0458. The van der Waals surface area contributed by atoms with Gasteiger partial charge in [-0.05, 0) is 38.8 Å². The van der Waals surface area contributed by atoms with Crippen molar-refractivity contribution < 1.29 is 9.59 Å². The molecule has 3 aliphatic heterocycles. The number of nitrogens with zero attached hydrogens (tertiary/aromatic N) is 1. The Bertz CT molecular complexity index is 352. The number of piperidine rings is 2. The lowest BCUT2D eigenvalue weighted by molar-refractivity contribution is -0.141. The summed E-state index contributed by atoms with van der Waals surface area (Å²) in [6, 6.07) is 0.119. The molecule has 3 heterocycles. The molecule has 0 radical (unpaired) electrons. The standard InChI is InChI=1S/C13H21N3O2/c17-12-10-2-1-7-16(11(10)8-15-12)13(18)9-3-5-14-6-4-9/h9-11,14H,1-8H2,(H,15,17). The largest absolute Gasteiger partial charge is 0.354 e. The Hall–Kier alpha value is -1.10. The molecule has 2 amide bonds. The number of rotatable bonds is 1. The van der Waals surface area contributed by atoms with E-state index >= 15 is 0 Å². The topological polar surface area (TPSA) is 61.4 Å². The van der Waals surface area contributed by atoms with Crippen LogP contribution in [0.5, 0.6) is 0 Å². The second kappa shape index (κ2) is 4.88. The number of hydrogen-bond acceptors (Lipinski definition) is 3. The van der Waals surface area contributed by atoms with Gasteiger partial charge < -0.3 is 15.5 Å². The van der Waals surface area contributed by atoms with Gasteiger partial charge in [-0.15, -0.1) is 0 Å². The summed E-state index contributed by atoms with van der Waals surface area (Å²) >= 11 is 0. The van der Waals surface area contributed by atoms with Gasteiger partial charge in [0.05, 0.1) is 12.0 Å². The van der Waals surface area contributed by atoms with Gasteiger partial charge >= 0.3 is 0 Å². The third-order valence-electron chi connectivity index (χ3n) is 4.57. The fraction of sp³-hybridized carbons (Fsp3) is 0.846. The van der Waals surface area contributed by atoms with E-state index in [0.29, 0.717) is 6.54 Å². The maximum absolute atomic E-state index is 12.6. The molecule has 18 heavy (non-hydrogen) atoms. The maximum Gasteiger partial charge on any atom is 0.226 e. The zero-order chi connectivity index (χ0) is 12.5. The van der Waals surface area contributed by atoms with Crippen molar-refractivity contribution in [1.29, 1.82) is 0 Å². The molecule has 2 atom stereocenters. The lowest BCUT2D eigenvalue weighted by Gasteiger charge is -2.38. The van der Waals surface area contributed by atoms with E-state index in [4.69, 9.17) is 0 Å². The number of likely N-dealkylation sites (tertiary alicyclic amines) is 1. The van der Waals surface area contributed by atoms with E-state index in [0.717, 1.165) is 45.3 Å². The fourth-order valence-corrected chi connectivity index (χ4v) is 3.53. The summed E-state index contributed by atoms with van der Waals surface area (Å²) < 4.78 is 0. The molecule has 0 spiro atoms. The van der Waals surface area contributed by atoms with E-state index in [9.17, 15) is 9.59 Å². The lowest BCUT2D eigenvalue weighted by Crippen LogP contribution is -2.52. The summed E-state index contributed by atoms with van der Waals surface area (Å²) in [5.41, 5.74) is 0. The molecule has 0 aromatic rings. The molecule has 5 heteroatoms. The highest BCUT2D eigenvalue weighted by atomic mass is 16.2. The van der Waals surface area contributed by atoms with Crippen LogP contribution < -0.4 is 10.6 Å². The average molecular weight is 251 g/mol. The lowest BCUT2D eigenvalue weighted by atomic mass is 9.88. The summed E-state index contributed by atoms with van der Waals surface area (Å²) in [4.78, 5) is 26.2. The zero-order valence-corrected chi connectivity index (χ0v) is 10.7. The molecule has 3 rings (SSSR count). The third kappa shape index (κ3) is 2.00. The van der Waals surface area contributed by atoms with E-state index in [1.54, 1.807) is 0 Å². The molecule has 3 fully saturated rings. The quantitative estimate of drug-likeness (QED) is 0.674. The third-order valence-corrected chi connectivity index (χ3v) is 4.57. The highest BCUT2D eigenvalue weighted by Crippen LogP contribution is 2.29. The van der Waals surface area contributed by atoms with Crippen LogP contribution in [0.3, 0.4) is 0 Å². The van der Waals surface area contributed by atoms with Crippen LogP contribution in [0, 0.1) is 11.8 Å². The van der Waals surface area contributed by atoms with Crippen molar-refractivity contribution in [2.24, 2.45) is 11.8 Å². The minimum atomic E-state index is 0.0458. The Kier molecular flexibility index (Phi) is 3.24. The van der Waals surface area contributed by atoms with Crippen molar-refractivity contribution in [3.8, 4) is 0 Å². The Morgan fingerprint density at radius 2 is 2.00 bits per heavy atom. The molecule has 3 saturated heterocycles. The smallest absolute Gasteiger partial charge is 0.226 e. The van der Waals surface area contributed by atoms with Crippen LogP contribution in [0.4, 0.5) is 0 Å². The second-order valence-electron chi connectivity index (χ2n) is 5.62. The molecule has 0 saturated carbocycles. The van der Waals surface area contributed by atoms with Gasteiger partial charge in [-0.2, -0.15) is 0 Å². The van der Waals surface area contributed by atoms with Crippen LogP contribution in [0.15, 0.2) is 0 Å². The molecule has 0 bridgehead atoms. The monoisotopic (exact) mass is 251 g/mol. The summed E-state index contributed by atoms with van der Waals surface area (Å²) in [5.74, 6) is 0.635. The van der Waals surface area contributed by atoms with Gasteiger partial charge in [0, 0.05) is 19.0 Å². The first-order valence-corrected chi connectivity index (χ1v) is 7.06. The number of carbonyl (C=O) groups is 2. The first-order chi connectivity index (χ1) is 8.77. The Morgan fingerprint density at radius 1 is 1.22 bits per heavy atom. The summed E-state index contributed by atoms with van der Waals surface area (Å²) in [6.07, 6.45) is 3.78.